The number of carbonyl (C=O) groups is 2. The van der Waals surface area contributed by atoms with Crippen LogP contribution in [0.3, 0.4) is 0 Å². The van der Waals surface area contributed by atoms with Crippen molar-refractivity contribution in [2.45, 2.75) is 19.9 Å². The Balaban J connectivity index is 1.50. The van der Waals surface area contributed by atoms with Crippen molar-refractivity contribution in [2.75, 3.05) is 12.4 Å². The first-order valence-corrected chi connectivity index (χ1v) is 10.9. The average Bonchev–Trinajstić information content (AvgIpc) is 3.43. The van der Waals surface area contributed by atoms with Crippen LogP contribution in [0.5, 0.6) is 0 Å². The van der Waals surface area contributed by atoms with Crippen LogP contribution < -0.4 is 10.6 Å². The molecule has 0 saturated carbocycles. The van der Waals surface area contributed by atoms with Gasteiger partial charge in [-0.3, -0.25) is 4.79 Å². The van der Waals surface area contributed by atoms with Gasteiger partial charge in [0.25, 0.3) is 5.91 Å². The van der Waals surface area contributed by atoms with Crippen LogP contribution in [0.15, 0.2) is 53.1 Å². The molecule has 33 heavy (non-hydrogen) atoms. The number of nitrogens with zero attached hydrogens (tertiary/aromatic N) is 2. The Morgan fingerprint density at radius 1 is 1.15 bits per heavy atom. The number of carbonyl (C=O) groups excluding carboxylic acids is 2. The summed E-state index contributed by atoms with van der Waals surface area (Å²) in [6.45, 7) is 3.60. The first kappa shape index (κ1) is 22.4. The third-order valence-corrected chi connectivity index (χ3v) is 5.84. The molecule has 170 valence electrons. The molecule has 4 aromatic rings. The first-order chi connectivity index (χ1) is 15.8. The number of ether oxygens (including phenoxy) is 1. The first-order valence-electron chi connectivity index (χ1n) is 10.1. The van der Waals surface area contributed by atoms with Gasteiger partial charge in [-0.2, -0.15) is 0 Å². The molecule has 10 heteroatoms. The number of benzene rings is 2. The summed E-state index contributed by atoms with van der Waals surface area (Å²) in [7, 11) is 1.27. The Morgan fingerprint density at radius 2 is 1.97 bits per heavy atom. The second kappa shape index (κ2) is 9.37. The summed E-state index contributed by atoms with van der Waals surface area (Å²) in [6.07, 6.45) is 0. The van der Waals surface area contributed by atoms with Gasteiger partial charge in [0.15, 0.2) is 5.13 Å². The summed E-state index contributed by atoms with van der Waals surface area (Å²) in [5, 5.41) is 10.4. The second-order valence-corrected chi connectivity index (χ2v) is 8.66. The number of hydrogen-bond donors (Lipinski definition) is 2. The van der Waals surface area contributed by atoms with Gasteiger partial charge >= 0.3 is 5.97 Å². The van der Waals surface area contributed by atoms with E-state index in [1.54, 1.807) is 19.9 Å². The van der Waals surface area contributed by atoms with Gasteiger partial charge in [-0.15, -0.1) is 0 Å². The standard InChI is InChI=1S/C23H21FN4O4S/c1-12(2)20(22(30)31-3)27-21(29)18-11-17(28-32-18)13-5-4-6-15(9-13)25-23-26-16-8-7-14(24)10-19(16)33-23/h4-12,20H,1-3H3,(H,25,26)(H,27,29). The molecular weight excluding hydrogens is 447 g/mol. The summed E-state index contributed by atoms with van der Waals surface area (Å²) in [5.41, 5.74) is 2.61. The van der Waals surface area contributed by atoms with Crippen molar-refractivity contribution < 1.29 is 23.2 Å². The molecule has 2 aromatic carbocycles. The topological polar surface area (TPSA) is 106 Å². The van der Waals surface area contributed by atoms with Gasteiger partial charge in [0.05, 0.1) is 17.3 Å². The van der Waals surface area contributed by atoms with Crippen molar-refractivity contribution >= 4 is 44.2 Å². The van der Waals surface area contributed by atoms with Crippen molar-refractivity contribution in [1.29, 1.82) is 0 Å². The zero-order valence-electron chi connectivity index (χ0n) is 18.1. The maximum atomic E-state index is 13.4. The number of hydrogen-bond acceptors (Lipinski definition) is 8. The highest BCUT2D eigenvalue weighted by atomic mass is 32.1. The van der Waals surface area contributed by atoms with E-state index in [1.165, 1.54) is 36.6 Å². The van der Waals surface area contributed by atoms with E-state index < -0.39 is 17.9 Å². The normalized spacial score (nSPS) is 12.0. The Hall–Kier alpha value is -3.79. The molecule has 8 nitrogen and oxygen atoms in total. The lowest BCUT2D eigenvalue weighted by Gasteiger charge is -2.18. The SMILES string of the molecule is COC(=O)C(NC(=O)c1cc(-c2cccc(Nc3nc4ccc(F)cc4s3)c2)no1)C(C)C. The fourth-order valence-corrected chi connectivity index (χ4v) is 4.10. The monoisotopic (exact) mass is 468 g/mol. The Kier molecular flexibility index (Phi) is 6.36. The molecule has 0 aliphatic carbocycles. The summed E-state index contributed by atoms with van der Waals surface area (Å²) in [5.74, 6) is -1.59. The summed E-state index contributed by atoms with van der Waals surface area (Å²) in [4.78, 5) is 28.9. The van der Waals surface area contributed by atoms with E-state index in [0.29, 0.717) is 21.9 Å². The number of rotatable bonds is 7. The minimum Gasteiger partial charge on any atom is -0.467 e. The van der Waals surface area contributed by atoms with Crippen molar-refractivity contribution in [2.24, 2.45) is 5.92 Å². The number of thiazole rings is 1. The van der Waals surface area contributed by atoms with E-state index in [-0.39, 0.29) is 17.5 Å². The largest absolute Gasteiger partial charge is 0.467 e. The molecular formula is C23H21FN4O4S. The zero-order chi connectivity index (χ0) is 23.5. The number of fused-ring (bicyclic) bond motifs is 1. The van der Waals surface area contributed by atoms with Gasteiger partial charge in [0.1, 0.15) is 17.6 Å². The molecule has 0 aliphatic heterocycles. The molecule has 2 heterocycles. The van der Waals surface area contributed by atoms with Gasteiger partial charge in [-0.05, 0) is 36.2 Å². The van der Waals surface area contributed by atoms with E-state index in [0.717, 1.165) is 10.4 Å². The average molecular weight is 469 g/mol. The Labute approximate surface area is 192 Å². The number of aromatic nitrogens is 2. The summed E-state index contributed by atoms with van der Waals surface area (Å²) < 4.78 is 24.1. The van der Waals surface area contributed by atoms with Crippen LogP contribution in [-0.4, -0.2) is 35.2 Å². The van der Waals surface area contributed by atoms with Crippen molar-refractivity contribution in [3.63, 3.8) is 0 Å². The van der Waals surface area contributed by atoms with Gasteiger partial charge < -0.3 is 19.9 Å². The number of esters is 1. The van der Waals surface area contributed by atoms with Crippen molar-refractivity contribution in [1.82, 2.24) is 15.5 Å². The summed E-state index contributed by atoms with van der Waals surface area (Å²) in [6, 6.07) is 12.5. The highest BCUT2D eigenvalue weighted by Crippen LogP contribution is 2.30. The quantitative estimate of drug-likeness (QED) is 0.377. The maximum absolute atomic E-state index is 13.4. The zero-order valence-corrected chi connectivity index (χ0v) is 18.9. The van der Waals surface area contributed by atoms with Crippen LogP contribution in [0.1, 0.15) is 24.4 Å². The van der Waals surface area contributed by atoms with Gasteiger partial charge in [0, 0.05) is 17.3 Å². The molecule has 0 saturated heterocycles. The lowest BCUT2D eigenvalue weighted by molar-refractivity contribution is -0.144. The molecule has 0 bridgehead atoms. The third-order valence-electron chi connectivity index (χ3n) is 4.90. The highest BCUT2D eigenvalue weighted by molar-refractivity contribution is 7.22. The Morgan fingerprint density at radius 3 is 2.73 bits per heavy atom. The lowest BCUT2D eigenvalue weighted by Crippen LogP contribution is -2.44. The lowest BCUT2D eigenvalue weighted by atomic mass is 10.0. The molecule has 0 radical (unpaired) electrons. The van der Waals surface area contributed by atoms with Crippen LogP contribution in [0.25, 0.3) is 21.5 Å². The van der Waals surface area contributed by atoms with E-state index >= 15 is 0 Å². The van der Waals surface area contributed by atoms with Crippen molar-refractivity contribution in [3.8, 4) is 11.3 Å². The number of methoxy groups -OCH3 is 1. The molecule has 0 fully saturated rings. The van der Waals surface area contributed by atoms with Crippen LogP contribution in [0.2, 0.25) is 0 Å². The van der Waals surface area contributed by atoms with E-state index in [9.17, 15) is 14.0 Å². The van der Waals surface area contributed by atoms with E-state index in [1.807, 2.05) is 24.3 Å². The molecule has 1 amide bonds. The molecule has 0 aliphatic rings. The minimum absolute atomic E-state index is 0.0221. The van der Waals surface area contributed by atoms with Crippen LogP contribution >= 0.6 is 11.3 Å². The van der Waals surface area contributed by atoms with Gasteiger partial charge in [-0.1, -0.05) is 42.5 Å². The van der Waals surface area contributed by atoms with Crippen LogP contribution in [0.4, 0.5) is 15.2 Å². The van der Waals surface area contributed by atoms with Crippen LogP contribution in [0, 0.1) is 11.7 Å². The van der Waals surface area contributed by atoms with Gasteiger partial charge in [0.2, 0.25) is 5.76 Å². The molecule has 0 spiro atoms. The number of nitrogens with one attached hydrogen (secondary N) is 2. The number of anilines is 2. The molecule has 2 aromatic heterocycles. The third kappa shape index (κ3) is 5.01. The molecule has 2 N–H and O–H groups in total. The van der Waals surface area contributed by atoms with E-state index in [2.05, 4.69) is 20.8 Å². The Bertz CT molecular complexity index is 1320. The molecule has 1 atom stereocenters. The number of halogens is 1. The summed E-state index contributed by atoms with van der Waals surface area (Å²) >= 11 is 1.34. The van der Waals surface area contributed by atoms with Crippen molar-refractivity contribution in [3.05, 3.63) is 60.1 Å². The highest BCUT2D eigenvalue weighted by Gasteiger charge is 2.27. The predicted octanol–water partition coefficient (Wildman–Crippen LogP) is 4.76. The smallest absolute Gasteiger partial charge is 0.328 e. The predicted molar refractivity (Wildman–Crippen MR) is 123 cm³/mol. The maximum Gasteiger partial charge on any atom is 0.328 e. The van der Waals surface area contributed by atoms with Crippen LogP contribution in [-0.2, 0) is 9.53 Å². The molecule has 1 unspecified atom stereocenters. The number of amides is 1. The fourth-order valence-electron chi connectivity index (χ4n) is 3.19. The molecule has 4 rings (SSSR count). The van der Waals surface area contributed by atoms with E-state index in [4.69, 9.17) is 9.26 Å². The second-order valence-electron chi connectivity index (χ2n) is 7.63. The van der Waals surface area contributed by atoms with Gasteiger partial charge in [-0.25, -0.2) is 14.2 Å². The minimum atomic E-state index is -0.800. The fraction of sp³-hybridized carbons (Fsp3) is 0.217.